The highest BCUT2D eigenvalue weighted by Crippen LogP contribution is 2.35. The zero-order valence-electron chi connectivity index (χ0n) is 15.3. The maximum atomic E-state index is 9.76. The third-order valence-corrected chi connectivity index (χ3v) is 4.98. The van der Waals surface area contributed by atoms with Crippen molar-refractivity contribution in [1.29, 1.82) is 5.26 Å². The number of benzene rings is 4. The van der Waals surface area contributed by atoms with Gasteiger partial charge < -0.3 is 9.47 Å². The van der Waals surface area contributed by atoms with Gasteiger partial charge in [0.2, 0.25) is 0 Å². The van der Waals surface area contributed by atoms with Crippen LogP contribution in [-0.4, -0.2) is 14.2 Å². The van der Waals surface area contributed by atoms with E-state index in [1.807, 2.05) is 48.5 Å². The van der Waals surface area contributed by atoms with E-state index in [1.165, 1.54) is 5.56 Å². The molecule has 4 rings (SSSR count). The van der Waals surface area contributed by atoms with Crippen molar-refractivity contribution < 1.29 is 9.47 Å². The molecule has 0 bridgehead atoms. The summed E-state index contributed by atoms with van der Waals surface area (Å²) < 4.78 is 10.8. The van der Waals surface area contributed by atoms with Gasteiger partial charge in [-0.2, -0.15) is 5.26 Å². The first-order valence-electron chi connectivity index (χ1n) is 8.80. The van der Waals surface area contributed by atoms with Gasteiger partial charge in [-0.3, -0.25) is 0 Å². The SMILES string of the molecule is COc1ccc(Cc2c3ccccc3c(C#N)c3ccccc23)cc1OC. The molecule has 0 aliphatic rings. The van der Waals surface area contributed by atoms with Crippen molar-refractivity contribution in [1.82, 2.24) is 0 Å². The van der Waals surface area contributed by atoms with Gasteiger partial charge in [0.25, 0.3) is 0 Å². The second-order valence-electron chi connectivity index (χ2n) is 6.42. The molecule has 132 valence electrons. The maximum absolute atomic E-state index is 9.76. The van der Waals surface area contributed by atoms with Gasteiger partial charge in [0.15, 0.2) is 11.5 Å². The fourth-order valence-corrected chi connectivity index (χ4v) is 3.72. The Labute approximate surface area is 158 Å². The summed E-state index contributed by atoms with van der Waals surface area (Å²) in [5.41, 5.74) is 3.08. The van der Waals surface area contributed by atoms with Gasteiger partial charge in [-0.25, -0.2) is 0 Å². The molecular formula is C24H19NO2. The van der Waals surface area contributed by atoms with Gasteiger partial charge >= 0.3 is 0 Å². The lowest BCUT2D eigenvalue weighted by molar-refractivity contribution is 0.354. The summed E-state index contributed by atoms with van der Waals surface area (Å²) >= 11 is 0. The number of methoxy groups -OCH3 is 2. The van der Waals surface area contributed by atoms with E-state index in [0.717, 1.165) is 50.6 Å². The molecule has 0 N–H and O–H groups in total. The van der Waals surface area contributed by atoms with Gasteiger partial charge in [0.05, 0.1) is 19.8 Å². The van der Waals surface area contributed by atoms with Gasteiger partial charge in [0.1, 0.15) is 6.07 Å². The van der Waals surface area contributed by atoms with Crippen molar-refractivity contribution in [2.24, 2.45) is 0 Å². The van der Waals surface area contributed by atoms with Crippen LogP contribution in [0.25, 0.3) is 21.5 Å². The Bertz CT molecular complexity index is 1130. The number of hydrogen-bond acceptors (Lipinski definition) is 3. The highest BCUT2D eigenvalue weighted by molar-refractivity contribution is 6.07. The number of nitrogens with zero attached hydrogens (tertiary/aromatic N) is 1. The molecule has 0 amide bonds. The molecule has 3 nitrogen and oxygen atoms in total. The summed E-state index contributed by atoms with van der Waals surface area (Å²) in [5, 5.41) is 14.0. The van der Waals surface area contributed by atoms with Gasteiger partial charge in [0, 0.05) is 10.8 Å². The van der Waals surface area contributed by atoms with Crippen molar-refractivity contribution in [3.05, 3.63) is 83.4 Å². The van der Waals surface area contributed by atoms with Gasteiger partial charge in [-0.1, -0.05) is 54.6 Å². The summed E-state index contributed by atoms with van der Waals surface area (Å²) in [4.78, 5) is 0. The van der Waals surface area contributed by atoms with Crippen molar-refractivity contribution in [2.75, 3.05) is 14.2 Å². The summed E-state index contributed by atoms with van der Waals surface area (Å²) in [6.45, 7) is 0. The standard InChI is InChI=1S/C24H19NO2/c1-26-23-12-11-16(14-24(23)27-2)13-21-17-7-3-5-9-19(17)22(15-25)20-10-6-4-8-18(20)21/h3-12,14H,13H2,1-2H3. The minimum absolute atomic E-state index is 0.718. The van der Waals surface area contributed by atoms with E-state index in [9.17, 15) is 5.26 Å². The molecule has 0 unspecified atom stereocenters. The number of fused-ring (bicyclic) bond motifs is 2. The van der Waals surface area contributed by atoms with Crippen LogP contribution >= 0.6 is 0 Å². The van der Waals surface area contributed by atoms with Gasteiger partial charge in [-0.05, 0) is 40.5 Å². The molecule has 0 radical (unpaired) electrons. The number of hydrogen-bond donors (Lipinski definition) is 0. The Balaban J connectivity index is 1.97. The molecule has 4 aromatic rings. The van der Waals surface area contributed by atoms with Crippen LogP contribution in [-0.2, 0) is 6.42 Å². The van der Waals surface area contributed by atoms with Crippen LogP contribution in [0.3, 0.4) is 0 Å². The molecule has 4 aromatic carbocycles. The van der Waals surface area contributed by atoms with Crippen LogP contribution in [0.4, 0.5) is 0 Å². The summed E-state index contributed by atoms with van der Waals surface area (Å²) in [6, 6.07) is 24.7. The Morgan fingerprint density at radius 3 is 1.81 bits per heavy atom. The van der Waals surface area contributed by atoms with Crippen LogP contribution < -0.4 is 9.47 Å². The molecule has 0 aliphatic carbocycles. The summed E-state index contributed by atoms with van der Waals surface area (Å²) in [5.74, 6) is 1.44. The average molecular weight is 353 g/mol. The quantitative estimate of drug-likeness (QED) is 0.457. The predicted octanol–water partition coefficient (Wildman–Crippen LogP) is 5.47. The number of nitriles is 1. The van der Waals surface area contributed by atoms with Gasteiger partial charge in [-0.15, -0.1) is 0 Å². The van der Waals surface area contributed by atoms with Crippen LogP contribution in [0.2, 0.25) is 0 Å². The molecular weight excluding hydrogens is 334 g/mol. The predicted molar refractivity (Wildman–Crippen MR) is 109 cm³/mol. The van der Waals surface area contributed by atoms with Crippen LogP contribution in [0.15, 0.2) is 66.7 Å². The number of ether oxygens (including phenoxy) is 2. The molecule has 0 saturated heterocycles. The molecule has 3 heteroatoms. The van der Waals surface area contributed by atoms with E-state index in [4.69, 9.17) is 9.47 Å². The molecule has 0 aromatic heterocycles. The van der Waals surface area contributed by atoms with Crippen LogP contribution in [0.1, 0.15) is 16.7 Å². The highest BCUT2D eigenvalue weighted by atomic mass is 16.5. The summed E-state index contributed by atoms with van der Waals surface area (Å²) in [6.07, 6.45) is 0.743. The van der Waals surface area contributed by atoms with E-state index in [-0.39, 0.29) is 0 Å². The molecule has 0 spiro atoms. The van der Waals surface area contributed by atoms with Crippen LogP contribution in [0, 0.1) is 11.3 Å². The first-order chi connectivity index (χ1) is 13.3. The van der Waals surface area contributed by atoms with Crippen molar-refractivity contribution in [3.63, 3.8) is 0 Å². The minimum Gasteiger partial charge on any atom is -0.493 e. The number of rotatable bonds is 4. The third-order valence-electron chi connectivity index (χ3n) is 4.98. The molecule has 0 fully saturated rings. The average Bonchev–Trinajstić information content (AvgIpc) is 2.73. The molecule has 0 atom stereocenters. The zero-order chi connectivity index (χ0) is 18.8. The Kier molecular flexibility index (Phi) is 4.40. The second-order valence-corrected chi connectivity index (χ2v) is 6.42. The van der Waals surface area contributed by atoms with E-state index >= 15 is 0 Å². The Morgan fingerprint density at radius 1 is 0.741 bits per heavy atom. The normalized spacial score (nSPS) is 10.7. The first kappa shape index (κ1) is 16.9. The lowest BCUT2D eigenvalue weighted by Gasteiger charge is -2.15. The monoisotopic (exact) mass is 353 g/mol. The van der Waals surface area contributed by atoms with E-state index < -0.39 is 0 Å². The zero-order valence-corrected chi connectivity index (χ0v) is 15.3. The highest BCUT2D eigenvalue weighted by Gasteiger charge is 2.14. The second kappa shape index (κ2) is 7.01. The van der Waals surface area contributed by atoms with Crippen LogP contribution in [0.5, 0.6) is 11.5 Å². The van der Waals surface area contributed by atoms with Crippen molar-refractivity contribution >= 4 is 21.5 Å². The minimum atomic E-state index is 0.718. The maximum Gasteiger partial charge on any atom is 0.160 e. The van der Waals surface area contributed by atoms with E-state index in [0.29, 0.717) is 0 Å². The Morgan fingerprint density at radius 2 is 1.30 bits per heavy atom. The Hall–Kier alpha value is -3.51. The summed E-state index contributed by atoms with van der Waals surface area (Å²) in [7, 11) is 3.29. The molecule has 0 aliphatic heterocycles. The molecule has 0 heterocycles. The largest absolute Gasteiger partial charge is 0.493 e. The molecule has 0 saturated carbocycles. The third kappa shape index (κ3) is 2.86. The smallest absolute Gasteiger partial charge is 0.160 e. The topological polar surface area (TPSA) is 42.2 Å². The van der Waals surface area contributed by atoms with Crippen molar-refractivity contribution in [2.45, 2.75) is 6.42 Å². The lowest BCUT2D eigenvalue weighted by atomic mass is 9.89. The van der Waals surface area contributed by atoms with Crippen molar-refractivity contribution in [3.8, 4) is 17.6 Å². The fourth-order valence-electron chi connectivity index (χ4n) is 3.72. The molecule has 27 heavy (non-hydrogen) atoms. The van der Waals surface area contributed by atoms with E-state index in [1.54, 1.807) is 14.2 Å². The first-order valence-corrected chi connectivity index (χ1v) is 8.80. The fraction of sp³-hybridized carbons (Fsp3) is 0.125. The lowest BCUT2D eigenvalue weighted by Crippen LogP contribution is -1.97. The van der Waals surface area contributed by atoms with E-state index in [2.05, 4.69) is 24.3 Å².